The topological polar surface area (TPSA) is 82.8 Å². The fourth-order valence-electron chi connectivity index (χ4n) is 2.96. The molecule has 0 unspecified atom stereocenters. The van der Waals surface area contributed by atoms with Gasteiger partial charge in [-0.1, -0.05) is 30.3 Å². The highest BCUT2D eigenvalue weighted by atomic mass is 16.5. The third-order valence-electron chi connectivity index (χ3n) is 4.23. The summed E-state index contributed by atoms with van der Waals surface area (Å²) in [5.41, 5.74) is 2.63. The van der Waals surface area contributed by atoms with E-state index < -0.39 is 0 Å². The first kappa shape index (κ1) is 17.6. The minimum Gasteiger partial charge on any atom is -0.493 e. The van der Waals surface area contributed by atoms with Gasteiger partial charge in [-0.25, -0.2) is 4.98 Å². The van der Waals surface area contributed by atoms with Gasteiger partial charge in [0.2, 0.25) is 11.7 Å². The molecule has 0 amide bonds. The number of hydrogen-bond donors (Lipinski definition) is 1. The molecule has 0 saturated carbocycles. The summed E-state index contributed by atoms with van der Waals surface area (Å²) in [7, 11) is 4.70. The fourth-order valence-corrected chi connectivity index (χ4v) is 2.96. The largest absolute Gasteiger partial charge is 0.493 e. The average Bonchev–Trinajstić information content (AvgIpc) is 3.15. The third kappa shape index (κ3) is 3.16. The van der Waals surface area contributed by atoms with E-state index in [0.717, 1.165) is 11.3 Å². The zero-order valence-electron chi connectivity index (χ0n) is 15.7. The van der Waals surface area contributed by atoms with E-state index in [1.807, 2.05) is 36.4 Å². The summed E-state index contributed by atoms with van der Waals surface area (Å²) in [5, 5.41) is 7.73. The number of rotatable bonds is 6. The maximum absolute atomic E-state index is 5.39. The second-order valence-electron chi connectivity index (χ2n) is 5.88. The number of methoxy groups -OCH3 is 3. The molecule has 2 aromatic carbocycles. The van der Waals surface area contributed by atoms with Crippen LogP contribution in [0.4, 0.5) is 11.6 Å². The minimum atomic E-state index is 0.408. The molecule has 0 aliphatic heterocycles. The molecule has 0 atom stereocenters. The molecular weight excluding hydrogens is 358 g/mol. The molecule has 0 fully saturated rings. The van der Waals surface area contributed by atoms with Gasteiger partial charge in [0.1, 0.15) is 0 Å². The second-order valence-corrected chi connectivity index (χ2v) is 5.88. The van der Waals surface area contributed by atoms with Crippen LogP contribution in [0.5, 0.6) is 17.2 Å². The Morgan fingerprint density at radius 2 is 1.61 bits per heavy atom. The predicted octanol–water partition coefficient (Wildman–Crippen LogP) is 3.56. The molecule has 2 heterocycles. The predicted molar refractivity (Wildman–Crippen MR) is 106 cm³/mol. The zero-order chi connectivity index (χ0) is 19.5. The Kier molecular flexibility index (Phi) is 4.67. The number of hydrogen-bond acceptors (Lipinski definition) is 7. The zero-order valence-corrected chi connectivity index (χ0v) is 15.7. The Labute approximate surface area is 161 Å². The molecule has 142 valence electrons. The van der Waals surface area contributed by atoms with Gasteiger partial charge in [-0.2, -0.15) is 9.50 Å². The summed E-state index contributed by atoms with van der Waals surface area (Å²) in [4.78, 5) is 8.77. The lowest BCUT2D eigenvalue weighted by atomic mass is 10.1. The number of fused-ring (bicyclic) bond motifs is 1. The molecule has 8 heteroatoms. The number of anilines is 2. The molecule has 2 aromatic heterocycles. The summed E-state index contributed by atoms with van der Waals surface area (Å²) in [6.45, 7) is 0. The monoisotopic (exact) mass is 377 g/mol. The van der Waals surface area contributed by atoms with Gasteiger partial charge in [0.15, 0.2) is 11.5 Å². The van der Waals surface area contributed by atoms with Crippen LogP contribution in [0, 0.1) is 0 Å². The molecule has 0 spiro atoms. The Morgan fingerprint density at radius 3 is 2.25 bits per heavy atom. The quantitative estimate of drug-likeness (QED) is 0.550. The number of ether oxygens (including phenoxy) is 3. The minimum absolute atomic E-state index is 0.408. The summed E-state index contributed by atoms with van der Waals surface area (Å²) < 4.78 is 17.8. The van der Waals surface area contributed by atoms with Crippen LogP contribution in [0.25, 0.3) is 17.0 Å². The van der Waals surface area contributed by atoms with E-state index in [1.165, 1.54) is 0 Å². The van der Waals surface area contributed by atoms with Gasteiger partial charge in [0.25, 0.3) is 5.78 Å². The highest BCUT2D eigenvalue weighted by molar-refractivity contribution is 5.67. The van der Waals surface area contributed by atoms with Crippen LogP contribution in [0.3, 0.4) is 0 Å². The molecule has 8 nitrogen and oxygen atoms in total. The van der Waals surface area contributed by atoms with Crippen LogP contribution in [0.1, 0.15) is 0 Å². The lowest BCUT2D eigenvalue weighted by molar-refractivity contribution is 0.324. The molecule has 0 aliphatic carbocycles. The van der Waals surface area contributed by atoms with E-state index in [1.54, 1.807) is 44.2 Å². The van der Waals surface area contributed by atoms with Crippen LogP contribution in [0.15, 0.2) is 54.7 Å². The Balaban J connectivity index is 1.73. The highest BCUT2D eigenvalue weighted by Gasteiger charge is 2.15. The molecule has 0 saturated heterocycles. The van der Waals surface area contributed by atoms with E-state index in [0.29, 0.717) is 34.7 Å². The molecular formula is C20H19N5O3. The number of nitrogens with zero attached hydrogens (tertiary/aromatic N) is 4. The lowest BCUT2D eigenvalue weighted by Crippen LogP contribution is -1.99. The van der Waals surface area contributed by atoms with Gasteiger partial charge in [-0.3, -0.25) is 0 Å². The lowest BCUT2D eigenvalue weighted by Gasteiger charge is -2.14. The van der Waals surface area contributed by atoms with Gasteiger partial charge in [0.05, 0.1) is 27.0 Å². The first-order chi connectivity index (χ1) is 13.7. The summed E-state index contributed by atoms with van der Waals surface area (Å²) >= 11 is 0. The highest BCUT2D eigenvalue weighted by Crippen LogP contribution is 2.40. The summed E-state index contributed by atoms with van der Waals surface area (Å²) in [6.07, 6.45) is 1.72. The first-order valence-electron chi connectivity index (χ1n) is 8.57. The maximum Gasteiger partial charge on any atom is 0.254 e. The van der Waals surface area contributed by atoms with Crippen LogP contribution >= 0.6 is 0 Å². The van der Waals surface area contributed by atoms with E-state index in [-0.39, 0.29) is 0 Å². The molecule has 0 aliphatic rings. The van der Waals surface area contributed by atoms with E-state index in [4.69, 9.17) is 14.2 Å². The SMILES string of the molecule is COc1cc(Nc2nc3nccc(-c4ccccc4)n3n2)cc(OC)c1OC. The molecule has 4 rings (SSSR count). The van der Waals surface area contributed by atoms with Crippen molar-refractivity contribution in [2.24, 2.45) is 0 Å². The molecule has 0 radical (unpaired) electrons. The molecule has 4 aromatic rings. The second kappa shape index (κ2) is 7.43. The number of aromatic nitrogens is 4. The van der Waals surface area contributed by atoms with Gasteiger partial charge in [-0.15, -0.1) is 5.10 Å². The van der Waals surface area contributed by atoms with Crippen molar-refractivity contribution in [2.75, 3.05) is 26.6 Å². The smallest absolute Gasteiger partial charge is 0.254 e. The molecule has 28 heavy (non-hydrogen) atoms. The van der Waals surface area contributed by atoms with Crippen molar-refractivity contribution in [3.8, 4) is 28.5 Å². The standard InChI is InChI=1S/C20H19N5O3/c1-26-16-11-14(12-17(27-2)18(16)28-3)22-19-23-20-21-10-9-15(25(20)24-19)13-7-5-4-6-8-13/h4-12H,1-3H3,(H,22,24). The molecule has 1 N–H and O–H groups in total. The van der Waals surface area contributed by atoms with Crippen molar-refractivity contribution in [1.29, 1.82) is 0 Å². The maximum atomic E-state index is 5.39. The van der Waals surface area contributed by atoms with E-state index in [9.17, 15) is 0 Å². The van der Waals surface area contributed by atoms with Crippen molar-refractivity contribution < 1.29 is 14.2 Å². The fraction of sp³-hybridized carbons (Fsp3) is 0.150. The van der Waals surface area contributed by atoms with Gasteiger partial charge in [0, 0.05) is 29.6 Å². The normalized spacial score (nSPS) is 10.7. The van der Waals surface area contributed by atoms with Gasteiger partial charge >= 0.3 is 0 Å². The van der Waals surface area contributed by atoms with Crippen molar-refractivity contribution in [3.05, 3.63) is 54.7 Å². The van der Waals surface area contributed by atoms with Crippen molar-refractivity contribution >= 4 is 17.4 Å². The number of benzene rings is 2. The summed E-state index contributed by atoms with van der Waals surface area (Å²) in [5.74, 6) is 2.50. The first-order valence-corrected chi connectivity index (χ1v) is 8.57. The Hall–Kier alpha value is -3.81. The van der Waals surface area contributed by atoms with E-state index >= 15 is 0 Å². The average molecular weight is 377 g/mol. The Bertz CT molecular complexity index is 1090. The van der Waals surface area contributed by atoms with Crippen molar-refractivity contribution in [3.63, 3.8) is 0 Å². The molecule has 0 bridgehead atoms. The Morgan fingerprint density at radius 1 is 0.893 bits per heavy atom. The van der Waals surface area contributed by atoms with Crippen LogP contribution in [-0.2, 0) is 0 Å². The van der Waals surface area contributed by atoms with Gasteiger partial charge in [-0.05, 0) is 6.07 Å². The van der Waals surface area contributed by atoms with E-state index in [2.05, 4.69) is 20.4 Å². The van der Waals surface area contributed by atoms with Gasteiger partial charge < -0.3 is 19.5 Å². The van der Waals surface area contributed by atoms with Crippen molar-refractivity contribution in [1.82, 2.24) is 19.6 Å². The van der Waals surface area contributed by atoms with Crippen LogP contribution < -0.4 is 19.5 Å². The van der Waals surface area contributed by atoms with Crippen molar-refractivity contribution in [2.45, 2.75) is 0 Å². The van der Waals surface area contributed by atoms with Crippen LogP contribution in [-0.4, -0.2) is 40.9 Å². The third-order valence-corrected chi connectivity index (χ3v) is 4.23. The van der Waals surface area contributed by atoms with Crippen LogP contribution in [0.2, 0.25) is 0 Å². The summed E-state index contributed by atoms with van der Waals surface area (Å²) in [6, 6.07) is 15.4. The number of nitrogens with one attached hydrogen (secondary N) is 1.